The van der Waals surface area contributed by atoms with E-state index in [0.717, 1.165) is 16.3 Å². The molecule has 112 valence electrons. The lowest BCUT2D eigenvalue weighted by Gasteiger charge is -2.12. The second kappa shape index (κ2) is 6.67. The van der Waals surface area contributed by atoms with Crippen LogP contribution in [-0.4, -0.2) is 22.7 Å². The molecule has 0 fully saturated rings. The van der Waals surface area contributed by atoms with Crippen molar-refractivity contribution < 1.29 is 9.53 Å². The Morgan fingerprint density at radius 2 is 2.10 bits per heavy atom. The van der Waals surface area contributed by atoms with Gasteiger partial charge in [-0.25, -0.2) is 0 Å². The van der Waals surface area contributed by atoms with Gasteiger partial charge in [0.25, 0.3) is 5.91 Å². The fraction of sp³-hybridized carbons (Fsp3) is 0.400. The molecule has 0 radical (unpaired) electrons. The lowest BCUT2D eigenvalue weighted by atomic mass is 10.0. The van der Waals surface area contributed by atoms with Crippen LogP contribution < -0.4 is 10.1 Å². The second-order valence-electron chi connectivity index (χ2n) is 5.14. The van der Waals surface area contributed by atoms with Gasteiger partial charge in [-0.3, -0.25) is 10.1 Å². The molecule has 0 bridgehead atoms. The fourth-order valence-corrected chi connectivity index (χ4v) is 2.39. The molecule has 0 unspecified atom stereocenters. The molecule has 6 heteroatoms. The maximum Gasteiger partial charge on any atom is 0.264 e. The average Bonchev–Trinajstić information content (AvgIpc) is 2.82. The number of anilines is 1. The van der Waals surface area contributed by atoms with Gasteiger partial charge in [0, 0.05) is 0 Å². The zero-order valence-corrected chi connectivity index (χ0v) is 13.5. The number of hydrogen-bond donors (Lipinski definition) is 1. The summed E-state index contributed by atoms with van der Waals surface area (Å²) in [4.78, 5) is 11.8. The quantitative estimate of drug-likeness (QED) is 0.920. The van der Waals surface area contributed by atoms with Crippen molar-refractivity contribution in [3.8, 4) is 5.75 Å². The van der Waals surface area contributed by atoms with E-state index in [1.54, 1.807) is 0 Å². The van der Waals surface area contributed by atoms with Crippen LogP contribution in [-0.2, 0) is 4.79 Å². The van der Waals surface area contributed by atoms with Gasteiger partial charge in [-0.05, 0) is 37.0 Å². The van der Waals surface area contributed by atoms with Crippen molar-refractivity contribution >= 4 is 22.4 Å². The molecule has 0 atom stereocenters. The summed E-state index contributed by atoms with van der Waals surface area (Å²) in [5.74, 6) is 0.927. The molecule has 1 aromatic heterocycles. The Kier molecular flexibility index (Phi) is 4.90. The van der Waals surface area contributed by atoms with Gasteiger partial charge in [-0.2, -0.15) is 0 Å². The van der Waals surface area contributed by atoms with Crippen LogP contribution in [0.1, 0.15) is 35.9 Å². The number of rotatable bonds is 5. The van der Waals surface area contributed by atoms with Crippen molar-refractivity contribution in [2.75, 3.05) is 11.9 Å². The Bertz CT molecular complexity index is 638. The van der Waals surface area contributed by atoms with E-state index in [4.69, 9.17) is 4.74 Å². The Morgan fingerprint density at radius 1 is 1.33 bits per heavy atom. The molecule has 0 saturated heterocycles. The first-order chi connectivity index (χ1) is 9.95. The first-order valence-corrected chi connectivity index (χ1v) is 7.60. The van der Waals surface area contributed by atoms with Crippen molar-refractivity contribution in [2.24, 2.45) is 0 Å². The third-order valence-corrected chi connectivity index (χ3v) is 3.76. The zero-order valence-electron chi connectivity index (χ0n) is 12.6. The van der Waals surface area contributed by atoms with Crippen molar-refractivity contribution in [1.82, 2.24) is 10.2 Å². The van der Waals surface area contributed by atoms with E-state index in [0.29, 0.717) is 11.0 Å². The Morgan fingerprint density at radius 3 is 2.71 bits per heavy atom. The van der Waals surface area contributed by atoms with Crippen LogP contribution in [0.25, 0.3) is 0 Å². The second-order valence-corrected chi connectivity index (χ2v) is 6.32. The number of carbonyl (C=O) groups is 1. The molecule has 1 amide bonds. The number of ether oxygens (including phenoxy) is 1. The predicted octanol–water partition coefficient (Wildman–Crippen LogP) is 3.30. The summed E-state index contributed by atoms with van der Waals surface area (Å²) in [5, 5.41) is 11.7. The number of carbonyl (C=O) groups excluding carboxylic acids is 1. The summed E-state index contributed by atoms with van der Waals surface area (Å²) in [5.41, 5.74) is 2.20. The van der Waals surface area contributed by atoms with Gasteiger partial charge in [-0.1, -0.05) is 37.3 Å². The molecule has 1 aromatic carbocycles. The third kappa shape index (κ3) is 4.26. The summed E-state index contributed by atoms with van der Waals surface area (Å²) in [6.45, 7) is 8.01. The standard InChI is InChI=1S/C15H19N3O2S/c1-9(2)12-6-5-10(3)13(7-12)20-8-14(19)16-15-18-17-11(4)21-15/h5-7,9H,8H2,1-4H3,(H,16,18,19). The number of hydrogen-bond acceptors (Lipinski definition) is 5. The predicted molar refractivity (Wildman–Crippen MR) is 84.0 cm³/mol. The minimum absolute atomic E-state index is 0.0407. The normalized spacial score (nSPS) is 10.7. The summed E-state index contributed by atoms with van der Waals surface area (Å²) >= 11 is 1.34. The highest BCUT2D eigenvalue weighted by atomic mass is 32.1. The summed E-state index contributed by atoms with van der Waals surface area (Å²) < 4.78 is 5.61. The SMILES string of the molecule is Cc1nnc(NC(=O)COc2cc(C(C)C)ccc2C)s1. The van der Waals surface area contributed by atoms with E-state index in [2.05, 4.69) is 35.4 Å². The van der Waals surface area contributed by atoms with Gasteiger partial charge in [0.1, 0.15) is 10.8 Å². The summed E-state index contributed by atoms with van der Waals surface area (Å²) in [7, 11) is 0. The number of nitrogens with zero attached hydrogens (tertiary/aromatic N) is 2. The molecule has 5 nitrogen and oxygen atoms in total. The third-order valence-electron chi connectivity index (χ3n) is 3.01. The van der Waals surface area contributed by atoms with Crippen LogP contribution in [0.4, 0.5) is 5.13 Å². The molecule has 0 aliphatic rings. The topological polar surface area (TPSA) is 64.1 Å². The molecule has 1 heterocycles. The van der Waals surface area contributed by atoms with Crippen LogP contribution in [0, 0.1) is 13.8 Å². The molecule has 0 spiro atoms. The van der Waals surface area contributed by atoms with Crippen LogP contribution in [0.2, 0.25) is 0 Å². The number of amides is 1. The highest BCUT2D eigenvalue weighted by Crippen LogP contribution is 2.24. The van der Waals surface area contributed by atoms with E-state index in [-0.39, 0.29) is 12.5 Å². The van der Waals surface area contributed by atoms with Gasteiger partial charge < -0.3 is 4.74 Å². The van der Waals surface area contributed by atoms with Crippen molar-refractivity contribution in [3.63, 3.8) is 0 Å². The lowest BCUT2D eigenvalue weighted by molar-refractivity contribution is -0.118. The Hall–Kier alpha value is -1.95. The average molecular weight is 305 g/mol. The minimum atomic E-state index is -0.236. The number of aromatic nitrogens is 2. The minimum Gasteiger partial charge on any atom is -0.483 e. The summed E-state index contributed by atoms with van der Waals surface area (Å²) in [6.07, 6.45) is 0. The monoisotopic (exact) mass is 305 g/mol. The van der Waals surface area contributed by atoms with E-state index in [1.807, 2.05) is 26.0 Å². The molecule has 21 heavy (non-hydrogen) atoms. The molecular formula is C15H19N3O2S. The van der Waals surface area contributed by atoms with Crippen molar-refractivity contribution in [2.45, 2.75) is 33.6 Å². The first kappa shape index (κ1) is 15.4. The highest BCUT2D eigenvalue weighted by Gasteiger charge is 2.09. The van der Waals surface area contributed by atoms with Gasteiger partial charge in [-0.15, -0.1) is 10.2 Å². The maximum absolute atomic E-state index is 11.8. The lowest BCUT2D eigenvalue weighted by Crippen LogP contribution is -2.20. The Labute approximate surface area is 128 Å². The van der Waals surface area contributed by atoms with E-state index >= 15 is 0 Å². The summed E-state index contributed by atoms with van der Waals surface area (Å²) in [6, 6.07) is 6.08. The molecule has 2 rings (SSSR count). The molecule has 2 aromatic rings. The fourth-order valence-electron chi connectivity index (χ4n) is 1.78. The maximum atomic E-state index is 11.8. The number of benzene rings is 1. The zero-order chi connectivity index (χ0) is 15.4. The molecule has 0 aliphatic carbocycles. The van der Waals surface area contributed by atoms with Crippen LogP contribution in [0.3, 0.4) is 0 Å². The molecular weight excluding hydrogens is 286 g/mol. The molecule has 1 N–H and O–H groups in total. The number of aryl methyl sites for hydroxylation is 2. The van der Waals surface area contributed by atoms with Crippen LogP contribution in [0.5, 0.6) is 5.75 Å². The van der Waals surface area contributed by atoms with Gasteiger partial charge in [0.05, 0.1) is 0 Å². The van der Waals surface area contributed by atoms with Gasteiger partial charge in [0.2, 0.25) is 5.13 Å². The Balaban J connectivity index is 1.96. The molecule has 0 saturated carbocycles. The van der Waals surface area contributed by atoms with Crippen LogP contribution in [0.15, 0.2) is 18.2 Å². The largest absolute Gasteiger partial charge is 0.483 e. The van der Waals surface area contributed by atoms with Crippen LogP contribution >= 0.6 is 11.3 Å². The van der Waals surface area contributed by atoms with Gasteiger partial charge in [0.15, 0.2) is 6.61 Å². The highest BCUT2D eigenvalue weighted by molar-refractivity contribution is 7.15. The van der Waals surface area contributed by atoms with E-state index in [9.17, 15) is 4.79 Å². The molecule has 0 aliphatic heterocycles. The van der Waals surface area contributed by atoms with E-state index in [1.165, 1.54) is 16.9 Å². The first-order valence-electron chi connectivity index (χ1n) is 6.79. The van der Waals surface area contributed by atoms with Crippen molar-refractivity contribution in [1.29, 1.82) is 0 Å². The number of nitrogens with one attached hydrogen (secondary N) is 1. The van der Waals surface area contributed by atoms with E-state index < -0.39 is 0 Å². The van der Waals surface area contributed by atoms with Gasteiger partial charge >= 0.3 is 0 Å². The van der Waals surface area contributed by atoms with Crippen molar-refractivity contribution in [3.05, 3.63) is 34.3 Å². The smallest absolute Gasteiger partial charge is 0.264 e.